The van der Waals surface area contributed by atoms with Gasteiger partial charge in [-0.05, 0) is 30.7 Å². The Morgan fingerprint density at radius 3 is 2.37 bits per heavy atom. The van der Waals surface area contributed by atoms with Crippen LogP contribution in [0, 0.1) is 5.41 Å². The maximum absolute atomic E-state index is 5.64. The Hall–Kier alpha value is -0.860. The molecule has 2 heteroatoms. The molecular formula is C17H27NO. The minimum absolute atomic E-state index is 0.220. The van der Waals surface area contributed by atoms with Gasteiger partial charge in [-0.15, -0.1) is 0 Å². The molecule has 1 saturated carbocycles. The number of nitrogens with one attached hydrogen (secondary N) is 1. The molecule has 0 heterocycles. The van der Waals surface area contributed by atoms with Crippen LogP contribution in [0.25, 0.3) is 0 Å². The van der Waals surface area contributed by atoms with Gasteiger partial charge < -0.3 is 10.1 Å². The summed E-state index contributed by atoms with van der Waals surface area (Å²) in [7, 11) is 0. The third kappa shape index (κ3) is 3.80. The molecule has 0 amide bonds. The predicted octanol–water partition coefficient (Wildman–Crippen LogP) is 3.93. The first-order valence-electron chi connectivity index (χ1n) is 7.43. The van der Waals surface area contributed by atoms with Crippen molar-refractivity contribution in [2.45, 2.75) is 58.7 Å². The van der Waals surface area contributed by atoms with Gasteiger partial charge in [0.2, 0.25) is 0 Å². The van der Waals surface area contributed by atoms with Crippen LogP contribution >= 0.6 is 0 Å². The molecule has 2 rings (SSSR count). The molecule has 1 atom stereocenters. The van der Waals surface area contributed by atoms with E-state index in [0.29, 0.717) is 18.2 Å². The van der Waals surface area contributed by atoms with Gasteiger partial charge in [0.05, 0.1) is 6.10 Å². The Bertz CT molecular complexity index is 376. The molecule has 106 valence electrons. The van der Waals surface area contributed by atoms with Gasteiger partial charge in [-0.25, -0.2) is 0 Å². The normalized spacial score (nSPS) is 24.8. The lowest BCUT2D eigenvalue weighted by Gasteiger charge is -2.42. The molecule has 2 nitrogen and oxygen atoms in total. The molecule has 0 radical (unpaired) electrons. The van der Waals surface area contributed by atoms with Gasteiger partial charge >= 0.3 is 0 Å². The zero-order valence-electron chi connectivity index (χ0n) is 12.6. The van der Waals surface area contributed by atoms with Gasteiger partial charge in [-0.1, -0.05) is 51.1 Å². The van der Waals surface area contributed by atoms with E-state index in [4.69, 9.17) is 4.74 Å². The highest BCUT2D eigenvalue weighted by Crippen LogP contribution is 2.35. The van der Waals surface area contributed by atoms with Crippen molar-refractivity contribution >= 4 is 0 Å². The van der Waals surface area contributed by atoms with Crippen molar-refractivity contribution < 1.29 is 4.74 Å². The molecule has 1 aliphatic carbocycles. The summed E-state index contributed by atoms with van der Waals surface area (Å²) in [6.07, 6.45) is 2.76. The predicted molar refractivity (Wildman–Crippen MR) is 80.2 cm³/mol. The summed E-state index contributed by atoms with van der Waals surface area (Å²) in [5, 5.41) is 3.82. The molecule has 1 aliphatic rings. The first-order valence-corrected chi connectivity index (χ1v) is 7.43. The molecule has 0 spiro atoms. The number of rotatable bonds is 5. The van der Waals surface area contributed by atoms with Crippen molar-refractivity contribution in [3.05, 3.63) is 35.9 Å². The third-order valence-electron chi connectivity index (χ3n) is 3.90. The van der Waals surface area contributed by atoms with E-state index in [9.17, 15) is 0 Å². The first-order chi connectivity index (χ1) is 9.00. The van der Waals surface area contributed by atoms with Crippen LogP contribution < -0.4 is 5.32 Å². The van der Waals surface area contributed by atoms with E-state index in [1.807, 2.05) is 0 Å². The molecule has 1 aromatic carbocycles. The Labute approximate surface area is 117 Å². The standard InChI is InChI=1S/C17H27NO/c1-5-19-15-11-14(12-15)18-16(17(2,3)4)13-9-7-6-8-10-13/h6-10,14-16,18H,5,11-12H2,1-4H3. The van der Waals surface area contributed by atoms with Gasteiger partial charge in [-0.3, -0.25) is 0 Å². The summed E-state index contributed by atoms with van der Waals surface area (Å²) in [4.78, 5) is 0. The van der Waals surface area contributed by atoms with Gasteiger partial charge in [-0.2, -0.15) is 0 Å². The summed E-state index contributed by atoms with van der Waals surface area (Å²) in [5.41, 5.74) is 1.60. The molecule has 1 N–H and O–H groups in total. The van der Waals surface area contributed by atoms with Crippen LogP contribution in [-0.4, -0.2) is 18.8 Å². The highest BCUT2D eigenvalue weighted by molar-refractivity contribution is 5.21. The first kappa shape index (κ1) is 14.5. The maximum Gasteiger partial charge on any atom is 0.0604 e. The van der Waals surface area contributed by atoms with E-state index >= 15 is 0 Å². The van der Waals surface area contributed by atoms with Crippen molar-refractivity contribution in [3.8, 4) is 0 Å². The van der Waals surface area contributed by atoms with E-state index in [1.54, 1.807) is 0 Å². The topological polar surface area (TPSA) is 21.3 Å². The van der Waals surface area contributed by atoms with E-state index in [2.05, 4.69) is 63.3 Å². The second-order valence-corrected chi connectivity index (χ2v) is 6.62. The lowest BCUT2D eigenvalue weighted by Crippen LogP contribution is -2.49. The zero-order chi connectivity index (χ0) is 13.9. The fraction of sp³-hybridized carbons (Fsp3) is 0.647. The lowest BCUT2D eigenvalue weighted by molar-refractivity contribution is -0.0161. The van der Waals surface area contributed by atoms with Crippen molar-refractivity contribution in [1.29, 1.82) is 0 Å². The van der Waals surface area contributed by atoms with E-state index in [-0.39, 0.29) is 5.41 Å². The molecule has 19 heavy (non-hydrogen) atoms. The number of hydrogen-bond donors (Lipinski definition) is 1. The number of hydrogen-bond acceptors (Lipinski definition) is 2. The van der Waals surface area contributed by atoms with Crippen LogP contribution in [-0.2, 0) is 4.74 Å². The van der Waals surface area contributed by atoms with Crippen LogP contribution in [0.3, 0.4) is 0 Å². The highest BCUT2D eigenvalue weighted by Gasteiger charge is 2.34. The van der Waals surface area contributed by atoms with E-state index in [0.717, 1.165) is 19.4 Å². The number of ether oxygens (including phenoxy) is 1. The Balaban J connectivity index is 1.97. The molecular weight excluding hydrogens is 234 g/mol. The smallest absolute Gasteiger partial charge is 0.0604 e. The van der Waals surface area contributed by atoms with E-state index in [1.165, 1.54) is 5.56 Å². The summed E-state index contributed by atoms with van der Waals surface area (Å²) >= 11 is 0. The minimum Gasteiger partial charge on any atom is -0.378 e. The summed E-state index contributed by atoms with van der Waals surface area (Å²) in [5.74, 6) is 0. The summed E-state index contributed by atoms with van der Waals surface area (Å²) < 4.78 is 5.64. The summed E-state index contributed by atoms with van der Waals surface area (Å²) in [6.45, 7) is 9.81. The van der Waals surface area contributed by atoms with Crippen LogP contribution in [0.5, 0.6) is 0 Å². The number of benzene rings is 1. The van der Waals surface area contributed by atoms with Gasteiger partial charge in [0.15, 0.2) is 0 Å². The second kappa shape index (κ2) is 6.06. The van der Waals surface area contributed by atoms with Crippen molar-refractivity contribution in [3.63, 3.8) is 0 Å². The lowest BCUT2D eigenvalue weighted by atomic mass is 9.79. The van der Waals surface area contributed by atoms with Crippen molar-refractivity contribution in [2.75, 3.05) is 6.61 Å². The average Bonchev–Trinajstić information content (AvgIpc) is 2.31. The van der Waals surface area contributed by atoms with Crippen LogP contribution in [0.1, 0.15) is 52.1 Å². The largest absolute Gasteiger partial charge is 0.378 e. The molecule has 0 aliphatic heterocycles. The third-order valence-corrected chi connectivity index (χ3v) is 3.90. The van der Waals surface area contributed by atoms with Crippen molar-refractivity contribution in [1.82, 2.24) is 5.32 Å². The van der Waals surface area contributed by atoms with Crippen LogP contribution in [0.4, 0.5) is 0 Å². The van der Waals surface area contributed by atoms with E-state index < -0.39 is 0 Å². The van der Waals surface area contributed by atoms with Gasteiger partial charge in [0, 0.05) is 18.7 Å². The molecule has 0 saturated heterocycles. The molecule has 0 aromatic heterocycles. The average molecular weight is 261 g/mol. The van der Waals surface area contributed by atoms with Gasteiger partial charge in [0.25, 0.3) is 0 Å². The fourth-order valence-corrected chi connectivity index (χ4v) is 2.80. The summed E-state index contributed by atoms with van der Waals surface area (Å²) in [6, 6.07) is 11.8. The molecule has 1 fully saturated rings. The Kier molecular flexibility index (Phi) is 4.64. The molecule has 1 unspecified atom stereocenters. The SMILES string of the molecule is CCOC1CC(NC(c2ccccc2)C(C)(C)C)C1. The van der Waals surface area contributed by atoms with Crippen molar-refractivity contribution in [2.24, 2.45) is 5.41 Å². The molecule has 0 bridgehead atoms. The van der Waals surface area contributed by atoms with Crippen LogP contribution in [0.2, 0.25) is 0 Å². The quantitative estimate of drug-likeness (QED) is 0.867. The van der Waals surface area contributed by atoms with Gasteiger partial charge in [0.1, 0.15) is 0 Å². The fourth-order valence-electron chi connectivity index (χ4n) is 2.80. The Morgan fingerprint density at radius 1 is 1.21 bits per heavy atom. The highest BCUT2D eigenvalue weighted by atomic mass is 16.5. The second-order valence-electron chi connectivity index (χ2n) is 6.62. The van der Waals surface area contributed by atoms with Crippen LogP contribution in [0.15, 0.2) is 30.3 Å². The minimum atomic E-state index is 0.220. The monoisotopic (exact) mass is 261 g/mol. The zero-order valence-corrected chi connectivity index (χ0v) is 12.6. The maximum atomic E-state index is 5.64. The molecule has 1 aromatic rings. The Morgan fingerprint density at radius 2 is 1.84 bits per heavy atom.